The van der Waals surface area contributed by atoms with Crippen LogP contribution in [0.2, 0.25) is 0 Å². The highest BCUT2D eigenvalue weighted by Crippen LogP contribution is 2.30. The van der Waals surface area contributed by atoms with Crippen LogP contribution in [0.3, 0.4) is 0 Å². The van der Waals surface area contributed by atoms with Gasteiger partial charge in [0.15, 0.2) is 0 Å². The monoisotopic (exact) mass is 411 g/mol. The van der Waals surface area contributed by atoms with Gasteiger partial charge in [-0.05, 0) is 50.2 Å². The number of para-hydroxylation sites is 2. The number of aromatic nitrogens is 1. The number of hydrogen-bond acceptors (Lipinski definition) is 5. The lowest BCUT2D eigenvalue weighted by molar-refractivity contribution is -0.00517. The minimum atomic E-state index is -0.299. The molecule has 1 aliphatic heterocycles. The van der Waals surface area contributed by atoms with Gasteiger partial charge in [0.25, 0.3) is 5.91 Å². The Labute approximate surface area is 173 Å². The van der Waals surface area contributed by atoms with Gasteiger partial charge in [-0.3, -0.25) is 4.79 Å². The number of nitrogens with one attached hydrogen (secondary N) is 1. The fraction of sp³-hybridized carbons (Fsp3) is 0.273. The molecule has 2 aromatic carbocycles. The van der Waals surface area contributed by atoms with Crippen LogP contribution in [0.15, 0.2) is 53.9 Å². The number of hydrogen-bond donors (Lipinski definition) is 1. The molecule has 0 aliphatic carbocycles. The number of morpholine rings is 1. The van der Waals surface area contributed by atoms with Gasteiger partial charge >= 0.3 is 0 Å². The second-order valence-electron chi connectivity index (χ2n) is 7.18. The van der Waals surface area contributed by atoms with Crippen molar-refractivity contribution in [2.24, 2.45) is 0 Å². The number of nitrogens with zero attached hydrogens (tertiary/aromatic N) is 2. The van der Waals surface area contributed by atoms with Crippen LogP contribution in [0.25, 0.3) is 10.6 Å². The SMILES string of the molecule is C[C@@H]1CN(c2ccccc2NC(=O)c2csc(-c3ccc(F)cc3)n2)C[C@H](C)O1. The molecule has 7 heteroatoms. The molecule has 1 aromatic heterocycles. The van der Waals surface area contributed by atoms with E-state index in [-0.39, 0.29) is 23.9 Å². The van der Waals surface area contributed by atoms with Gasteiger partial charge in [-0.25, -0.2) is 9.37 Å². The zero-order chi connectivity index (χ0) is 20.4. The summed E-state index contributed by atoms with van der Waals surface area (Å²) in [7, 11) is 0. The summed E-state index contributed by atoms with van der Waals surface area (Å²) in [6.07, 6.45) is 0.249. The molecule has 2 atom stereocenters. The number of halogens is 1. The molecule has 2 heterocycles. The molecule has 4 rings (SSSR count). The number of amides is 1. The van der Waals surface area contributed by atoms with Gasteiger partial charge < -0.3 is 15.0 Å². The van der Waals surface area contributed by atoms with Crippen LogP contribution < -0.4 is 10.2 Å². The fourth-order valence-corrected chi connectivity index (χ4v) is 4.33. The molecule has 150 valence electrons. The van der Waals surface area contributed by atoms with E-state index in [0.717, 1.165) is 30.0 Å². The van der Waals surface area contributed by atoms with E-state index in [1.807, 2.05) is 24.3 Å². The summed E-state index contributed by atoms with van der Waals surface area (Å²) in [5, 5.41) is 5.39. The summed E-state index contributed by atoms with van der Waals surface area (Å²) < 4.78 is 18.9. The fourth-order valence-electron chi connectivity index (χ4n) is 3.52. The highest BCUT2D eigenvalue weighted by molar-refractivity contribution is 7.13. The molecule has 0 saturated carbocycles. The van der Waals surface area contributed by atoms with E-state index in [2.05, 4.69) is 29.0 Å². The first kappa shape index (κ1) is 19.5. The number of ether oxygens (including phenoxy) is 1. The number of thiazole rings is 1. The average molecular weight is 412 g/mol. The maximum Gasteiger partial charge on any atom is 0.275 e. The van der Waals surface area contributed by atoms with Crippen molar-refractivity contribution >= 4 is 28.6 Å². The first-order valence-corrected chi connectivity index (χ1v) is 10.4. The van der Waals surface area contributed by atoms with E-state index in [1.165, 1.54) is 23.5 Å². The number of benzene rings is 2. The van der Waals surface area contributed by atoms with Gasteiger partial charge in [0.2, 0.25) is 0 Å². The average Bonchev–Trinajstić information content (AvgIpc) is 3.18. The van der Waals surface area contributed by atoms with Crippen molar-refractivity contribution in [3.63, 3.8) is 0 Å². The molecule has 0 spiro atoms. The van der Waals surface area contributed by atoms with Crippen LogP contribution in [0.1, 0.15) is 24.3 Å². The minimum absolute atomic E-state index is 0.124. The Morgan fingerprint density at radius 3 is 2.55 bits per heavy atom. The van der Waals surface area contributed by atoms with Crippen LogP contribution in [0.4, 0.5) is 15.8 Å². The van der Waals surface area contributed by atoms with Crippen molar-refractivity contribution in [3.8, 4) is 10.6 Å². The van der Waals surface area contributed by atoms with Crippen LogP contribution in [-0.4, -0.2) is 36.2 Å². The topological polar surface area (TPSA) is 54.5 Å². The van der Waals surface area contributed by atoms with Crippen molar-refractivity contribution in [1.29, 1.82) is 0 Å². The Balaban J connectivity index is 1.53. The largest absolute Gasteiger partial charge is 0.372 e. The van der Waals surface area contributed by atoms with Crippen molar-refractivity contribution in [1.82, 2.24) is 4.98 Å². The Morgan fingerprint density at radius 2 is 1.83 bits per heavy atom. The molecule has 0 unspecified atom stereocenters. The lowest BCUT2D eigenvalue weighted by Crippen LogP contribution is -2.45. The molecular weight excluding hydrogens is 389 g/mol. The minimum Gasteiger partial charge on any atom is -0.372 e. The summed E-state index contributed by atoms with van der Waals surface area (Å²) in [6, 6.07) is 13.9. The van der Waals surface area contributed by atoms with Gasteiger partial charge in [-0.2, -0.15) is 0 Å². The molecule has 1 fully saturated rings. The smallest absolute Gasteiger partial charge is 0.275 e. The quantitative estimate of drug-likeness (QED) is 0.669. The zero-order valence-corrected chi connectivity index (χ0v) is 17.1. The van der Waals surface area contributed by atoms with Crippen molar-refractivity contribution in [3.05, 3.63) is 65.4 Å². The maximum atomic E-state index is 13.1. The number of carbonyl (C=O) groups is 1. The molecular formula is C22H22FN3O2S. The van der Waals surface area contributed by atoms with E-state index in [0.29, 0.717) is 10.7 Å². The van der Waals surface area contributed by atoms with Gasteiger partial charge in [-0.1, -0.05) is 12.1 Å². The van der Waals surface area contributed by atoms with Crippen molar-refractivity contribution in [2.45, 2.75) is 26.1 Å². The van der Waals surface area contributed by atoms with E-state index in [9.17, 15) is 9.18 Å². The first-order chi connectivity index (χ1) is 14.0. The van der Waals surface area contributed by atoms with E-state index in [1.54, 1.807) is 17.5 Å². The third-order valence-electron chi connectivity index (χ3n) is 4.74. The van der Waals surface area contributed by atoms with Crippen molar-refractivity contribution < 1.29 is 13.9 Å². The highest BCUT2D eigenvalue weighted by atomic mass is 32.1. The molecule has 1 saturated heterocycles. The molecule has 0 bridgehead atoms. The number of rotatable bonds is 4. The predicted molar refractivity (Wildman–Crippen MR) is 114 cm³/mol. The molecule has 0 radical (unpaired) electrons. The second kappa shape index (κ2) is 8.31. The standard InChI is InChI=1S/C22H22FN3O2S/c1-14-11-26(12-15(2)28-14)20-6-4-3-5-18(20)24-21(27)19-13-29-22(25-19)16-7-9-17(23)10-8-16/h3-10,13-15H,11-12H2,1-2H3,(H,24,27)/t14-,15+. The molecule has 1 amide bonds. The summed E-state index contributed by atoms with van der Waals surface area (Å²) in [5.74, 6) is -0.567. The molecule has 29 heavy (non-hydrogen) atoms. The van der Waals surface area contributed by atoms with E-state index < -0.39 is 0 Å². The molecule has 1 aliphatic rings. The zero-order valence-electron chi connectivity index (χ0n) is 16.3. The summed E-state index contributed by atoms with van der Waals surface area (Å²) in [6.45, 7) is 5.64. The first-order valence-electron chi connectivity index (χ1n) is 9.52. The van der Waals surface area contributed by atoms with Gasteiger partial charge in [0.1, 0.15) is 16.5 Å². The second-order valence-corrected chi connectivity index (χ2v) is 8.04. The maximum absolute atomic E-state index is 13.1. The van der Waals surface area contributed by atoms with Crippen LogP contribution in [0.5, 0.6) is 0 Å². The highest BCUT2D eigenvalue weighted by Gasteiger charge is 2.24. The third-order valence-corrected chi connectivity index (χ3v) is 5.63. The van der Waals surface area contributed by atoms with E-state index >= 15 is 0 Å². The van der Waals surface area contributed by atoms with Crippen LogP contribution >= 0.6 is 11.3 Å². The number of carbonyl (C=O) groups excluding carboxylic acids is 1. The van der Waals surface area contributed by atoms with Crippen molar-refractivity contribution in [2.75, 3.05) is 23.3 Å². The van der Waals surface area contributed by atoms with Gasteiger partial charge in [0, 0.05) is 24.0 Å². The third kappa shape index (κ3) is 4.46. The summed E-state index contributed by atoms with van der Waals surface area (Å²) >= 11 is 1.36. The van der Waals surface area contributed by atoms with Crippen LogP contribution in [0, 0.1) is 5.82 Å². The summed E-state index contributed by atoms with van der Waals surface area (Å²) in [4.78, 5) is 19.5. The van der Waals surface area contributed by atoms with Crippen LogP contribution in [-0.2, 0) is 4.74 Å². The Morgan fingerprint density at radius 1 is 1.14 bits per heavy atom. The Hall–Kier alpha value is -2.77. The Kier molecular flexibility index (Phi) is 5.60. The lowest BCUT2D eigenvalue weighted by Gasteiger charge is -2.37. The number of anilines is 2. The summed E-state index contributed by atoms with van der Waals surface area (Å²) in [5.41, 5.74) is 2.84. The predicted octanol–water partition coefficient (Wildman–Crippen LogP) is 4.82. The van der Waals surface area contributed by atoms with E-state index in [4.69, 9.17) is 4.74 Å². The van der Waals surface area contributed by atoms with Gasteiger partial charge in [-0.15, -0.1) is 11.3 Å². The molecule has 1 N–H and O–H groups in total. The normalized spacial score (nSPS) is 19.2. The Bertz CT molecular complexity index is 995. The lowest BCUT2D eigenvalue weighted by atomic mass is 10.1. The van der Waals surface area contributed by atoms with Gasteiger partial charge in [0.05, 0.1) is 23.6 Å². The molecule has 3 aromatic rings. The molecule has 5 nitrogen and oxygen atoms in total.